The molecular formula is C27H25F3N4O2. The predicted octanol–water partition coefficient (Wildman–Crippen LogP) is 5.36. The number of hydrogen-bond acceptors (Lipinski definition) is 5. The number of aliphatic hydroxyl groups is 1. The topological polar surface area (TPSA) is 88.4 Å². The number of hydrogen-bond donors (Lipinski definition) is 3. The second-order valence-corrected chi connectivity index (χ2v) is 8.03. The summed E-state index contributed by atoms with van der Waals surface area (Å²) in [6, 6.07) is 21.9. The fourth-order valence-corrected chi connectivity index (χ4v) is 3.62. The molecule has 0 radical (unpaired) electrons. The Morgan fingerprint density at radius 3 is 2.39 bits per heavy atom. The summed E-state index contributed by atoms with van der Waals surface area (Å²) in [5.41, 5.74) is 5.44. The van der Waals surface area contributed by atoms with Gasteiger partial charge in [0.05, 0.1) is 23.7 Å². The molecule has 36 heavy (non-hydrogen) atoms. The second-order valence-electron chi connectivity index (χ2n) is 8.03. The molecule has 0 fully saturated rings. The van der Waals surface area contributed by atoms with Gasteiger partial charge < -0.3 is 10.4 Å². The zero-order valence-electron chi connectivity index (χ0n) is 19.7. The lowest BCUT2D eigenvalue weighted by Gasteiger charge is -2.26. The maximum absolute atomic E-state index is 13.2. The molecule has 6 nitrogen and oxygen atoms in total. The third-order valence-electron chi connectivity index (χ3n) is 5.28. The molecule has 1 atom stereocenters. The van der Waals surface area contributed by atoms with Gasteiger partial charge in [-0.1, -0.05) is 48.0 Å². The predicted molar refractivity (Wildman–Crippen MR) is 132 cm³/mol. The van der Waals surface area contributed by atoms with Gasteiger partial charge >= 0.3 is 6.18 Å². The lowest BCUT2D eigenvalue weighted by atomic mass is 9.99. The highest BCUT2D eigenvalue weighted by atomic mass is 19.4. The number of halogens is 3. The number of anilines is 2. The zero-order valence-corrected chi connectivity index (χ0v) is 19.7. The van der Waals surface area contributed by atoms with Gasteiger partial charge in [-0.2, -0.15) is 18.4 Å². The van der Waals surface area contributed by atoms with Crippen molar-refractivity contribution in [2.45, 2.75) is 25.6 Å². The Labute approximate surface area is 207 Å². The molecule has 0 aliphatic rings. The monoisotopic (exact) mass is 494 g/mol. The SMILES string of the molecule is CNN(/C(=C\CC(F)(F)F)C(=O)Nc1cccc(C(O)c2cccc(C)c2)c1)c1cccc(C#N)c1. The fourth-order valence-electron chi connectivity index (χ4n) is 3.62. The van der Waals surface area contributed by atoms with Gasteiger partial charge in [-0.05, 0) is 54.5 Å². The van der Waals surface area contributed by atoms with E-state index in [1.54, 1.807) is 48.5 Å². The molecule has 0 aliphatic carbocycles. The van der Waals surface area contributed by atoms with Crippen LogP contribution in [0.3, 0.4) is 0 Å². The maximum atomic E-state index is 13.2. The molecule has 3 aromatic rings. The molecule has 0 heterocycles. The first-order valence-electron chi connectivity index (χ1n) is 11.0. The van der Waals surface area contributed by atoms with Crippen molar-refractivity contribution in [2.24, 2.45) is 0 Å². The molecule has 186 valence electrons. The normalized spacial score (nSPS) is 12.5. The van der Waals surface area contributed by atoms with Crippen molar-refractivity contribution < 1.29 is 23.1 Å². The molecule has 3 N–H and O–H groups in total. The first-order chi connectivity index (χ1) is 17.1. The molecule has 9 heteroatoms. The van der Waals surface area contributed by atoms with Crippen LogP contribution in [0.15, 0.2) is 84.6 Å². The van der Waals surface area contributed by atoms with E-state index < -0.39 is 24.6 Å². The average Bonchev–Trinajstić information content (AvgIpc) is 2.85. The second kappa shape index (κ2) is 11.5. The molecule has 3 rings (SSSR count). The standard InChI is InChI=1S/C27H25F3N4O2/c1-18-6-3-8-20(14-18)25(35)21-9-5-10-22(16-21)33-26(36)24(12-13-27(28,29)30)34(32-2)23-11-4-7-19(15-23)17-31/h3-12,14-16,25,32,35H,13H2,1-2H3,(H,33,36)/b24-12-. The Balaban J connectivity index is 1.92. The van der Waals surface area contributed by atoms with Gasteiger partial charge in [0.25, 0.3) is 5.91 Å². The molecular weight excluding hydrogens is 469 g/mol. The minimum Gasteiger partial charge on any atom is -0.384 e. The number of nitrogens with zero attached hydrogens (tertiary/aromatic N) is 2. The van der Waals surface area contributed by atoms with E-state index in [0.29, 0.717) is 22.5 Å². The van der Waals surface area contributed by atoms with E-state index in [9.17, 15) is 28.3 Å². The number of nitrogens with one attached hydrogen (secondary N) is 2. The van der Waals surface area contributed by atoms with E-state index in [0.717, 1.165) is 11.6 Å². The number of alkyl halides is 3. The number of aliphatic hydroxyl groups excluding tert-OH is 1. The molecule has 0 bridgehead atoms. The number of allylic oxidation sites excluding steroid dienone is 1. The van der Waals surface area contributed by atoms with Crippen LogP contribution in [0.4, 0.5) is 24.5 Å². The summed E-state index contributed by atoms with van der Waals surface area (Å²) in [6.07, 6.45) is -6.05. The number of hydrazine groups is 1. The van der Waals surface area contributed by atoms with Crippen molar-refractivity contribution in [3.8, 4) is 6.07 Å². The van der Waals surface area contributed by atoms with Crippen molar-refractivity contribution in [1.29, 1.82) is 5.26 Å². The van der Waals surface area contributed by atoms with Crippen molar-refractivity contribution in [3.63, 3.8) is 0 Å². The van der Waals surface area contributed by atoms with E-state index in [2.05, 4.69) is 10.7 Å². The summed E-state index contributed by atoms with van der Waals surface area (Å²) in [4.78, 5) is 13.2. The van der Waals surface area contributed by atoms with Crippen molar-refractivity contribution in [3.05, 3.63) is 107 Å². The average molecular weight is 495 g/mol. The number of benzene rings is 3. The summed E-state index contributed by atoms with van der Waals surface area (Å²) >= 11 is 0. The maximum Gasteiger partial charge on any atom is 0.392 e. The number of amides is 1. The van der Waals surface area contributed by atoms with Crippen LogP contribution < -0.4 is 15.8 Å². The largest absolute Gasteiger partial charge is 0.392 e. The summed E-state index contributed by atoms with van der Waals surface area (Å²) in [5.74, 6) is -0.807. The number of rotatable bonds is 8. The third kappa shape index (κ3) is 6.95. The van der Waals surface area contributed by atoms with Crippen LogP contribution in [-0.2, 0) is 4.79 Å². The van der Waals surface area contributed by atoms with Crippen LogP contribution >= 0.6 is 0 Å². The number of nitriles is 1. The Morgan fingerprint density at radius 2 is 1.75 bits per heavy atom. The van der Waals surface area contributed by atoms with Crippen LogP contribution in [0, 0.1) is 18.3 Å². The minimum atomic E-state index is -4.53. The molecule has 1 unspecified atom stereocenters. The molecule has 0 spiro atoms. The van der Waals surface area contributed by atoms with Gasteiger partial charge in [-0.25, -0.2) is 5.43 Å². The molecule has 1 amide bonds. The number of carbonyl (C=O) groups excluding carboxylic acids is 1. The van der Waals surface area contributed by atoms with Crippen LogP contribution in [0.2, 0.25) is 0 Å². The Bertz CT molecular complexity index is 1300. The van der Waals surface area contributed by atoms with E-state index in [1.807, 2.05) is 31.2 Å². The molecule has 0 saturated heterocycles. The van der Waals surface area contributed by atoms with Gasteiger partial charge in [0, 0.05) is 12.7 Å². The Kier molecular flexibility index (Phi) is 8.48. The fraction of sp³-hybridized carbons (Fsp3) is 0.185. The van der Waals surface area contributed by atoms with Crippen LogP contribution in [0.1, 0.15) is 34.8 Å². The zero-order chi connectivity index (χ0) is 26.3. The lowest BCUT2D eigenvalue weighted by molar-refractivity contribution is -0.125. The van der Waals surface area contributed by atoms with Crippen LogP contribution in [0.25, 0.3) is 0 Å². The number of aryl methyl sites for hydroxylation is 1. The highest BCUT2D eigenvalue weighted by Crippen LogP contribution is 2.27. The Hall–Kier alpha value is -4.13. The van der Waals surface area contributed by atoms with Crippen molar-refractivity contribution in [2.75, 3.05) is 17.4 Å². The van der Waals surface area contributed by atoms with Gasteiger partial charge in [0.2, 0.25) is 0 Å². The van der Waals surface area contributed by atoms with E-state index in [4.69, 9.17) is 0 Å². The van der Waals surface area contributed by atoms with E-state index >= 15 is 0 Å². The van der Waals surface area contributed by atoms with Gasteiger partial charge in [0.15, 0.2) is 0 Å². The molecule has 0 aromatic heterocycles. The van der Waals surface area contributed by atoms with Crippen molar-refractivity contribution >= 4 is 17.3 Å². The van der Waals surface area contributed by atoms with Crippen LogP contribution in [-0.4, -0.2) is 24.2 Å². The summed E-state index contributed by atoms with van der Waals surface area (Å²) in [7, 11) is 1.45. The van der Waals surface area contributed by atoms with E-state index in [1.165, 1.54) is 18.1 Å². The summed E-state index contributed by atoms with van der Waals surface area (Å²) in [6.45, 7) is 1.90. The molecule has 0 aliphatic heterocycles. The van der Waals surface area contributed by atoms with E-state index in [-0.39, 0.29) is 11.3 Å². The van der Waals surface area contributed by atoms with Crippen LogP contribution in [0.5, 0.6) is 0 Å². The highest BCUT2D eigenvalue weighted by Gasteiger charge is 2.28. The summed E-state index contributed by atoms with van der Waals surface area (Å²) in [5, 5.41) is 23.8. The van der Waals surface area contributed by atoms with Gasteiger partial charge in [0.1, 0.15) is 11.8 Å². The smallest absolute Gasteiger partial charge is 0.384 e. The highest BCUT2D eigenvalue weighted by molar-refractivity contribution is 6.06. The first-order valence-corrected chi connectivity index (χ1v) is 11.0. The summed E-state index contributed by atoms with van der Waals surface area (Å²) < 4.78 is 39.1. The number of carbonyl (C=O) groups is 1. The first kappa shape index (κ1) is 26.5. The lowest BCUT2D eigenvalue weighted by Crippen LogP contribution is -2.39. The van der Waals surface area contributed by atoms with Crippen molar-refractivity contribution in [1.82, 2.24) is 5.43 Å². The molecule has 3 aromatic carbocycles. The van der Waals surface area contributed by atoms with Gasteiger partial charge in [-0.15, -0.1) is 0 Å². The quantitative estimate of drug-likeness (QED) is 0.290. The minimum absolute atomic E-state index is 0.279. The third-order valence-corrected chi connectivity index (χ3v) is 5.28. The Morgan fingerprint density at radius 1 is 1.08 bits per heavy atom. The van der Waals surface area contributed by atoms with Gasteiger partial charge in [-0.3, -0.25) is 9.80 Å². The molecule has 0 saturated carbocycles.